The molecule has 22 heteroatoms. The Hall–Kier alpha value is -0.247. The van der Waals surface area contributed by atoms with Gasteiger partial charge in [0.2, 0.25) is 0 Å². The van der Waals surface area contributed by atoms with Crippen molar-refractivity contribution in [3.8, 4) is 20.9 Å². The first kappa shape index (κ1) is 57.1. The van der Waals surface area contributed by atoms with E-state index in [0.717, 1.165) is 138 Å². The fraction of sp³-hybridized carbons (Fsp3) is 0.537. The van der Waals surface area contributed by atoms with Crippen LogP contribution >= 0.6 is 57.5 Å². The van der Waals surface area contributed by atoms with E-state index in [4.69, 9.17) is 74.5 Å². The van der Waals surface area contributed by atoms with Gasteiger partial charge in [0.15, 0.2) is 20.9 Å². The number of morpholine rings is 2. The predicted octanol–water partition coefficient (Wildman–Crippen LogP) is 2.70. The van der Waals surface area contributed by atoms with Crippen LogP contribution in [0.5, 0.6) is 0 Å². The van der Waals surface area contributed by atoms with Crippen LogP contribution in [0, 0.1) is 27.7 Å². The molecule has 0 spiro atoms. The molecule has 334 valence electrons. The van der Waals surface area contributed by atoms with Crippen molar-refractivity contribution in [2.24, 2.45) is 0 Å². The largest absolute Gasteiger partial charge is 1.00 e. The van der Waals surface area contributed by atoms with Crippen molar-refractivity contribution < 1.29 is 129 Å². The fourth-order valence-corrected chi connectivity index (χ4v) is 10.3. The van der Waals surface area contributed by atoms with E-state index in [1.54, 1.807) is 11.3 Å². The van der Waals surface area contributed by atoms with Gasteiger partial charge < -0.3 is 31.3 Å². The fourth-order valence-electron chi connectivity index (χ4n) is 7.35. The zero-order valence-electron chi connectivity index (χ0n) is 38.9. The first-order valence-corrected chi connectivity index (χ1v) is 23.2. The number of aromatic nitrogens is 8. The minimum Gasteiger partial charge on any atom is -1.00 e. The van der Waals surface area contributed by atoms with Crippen LogP contribution in [-0.2, 0) is 19.2 Å². The van der Waals surface area contributed by atoms with Gasteiger partial charge in [-0.15, -0.1) is 11.3 Å². The molecule has 8 rings (SSSR count). The van der Waals surface area contributed by atoms with E-state index in [1.165, 1.54) is 22.7 Å². The van der Waals surface area contributed by atoms with E-state index in [1.807, 2.05) is 36.7 Å². The number of fused-ring (bicyclic) bond motifs is 2. The Morgan fingerprint density at radius 1 is 0.746 bits per heavy atom. The van der Waals surface area contributed by atoms with Gasteiger partial charge in [0.1, 0.15) is 10.3 Å². The minimum atomic E-state index is -0.181. The molecule has 63 heavy (non-hydrogen) atoms. The van der Waals surface area contributed by atoms with Gasteiger partial charge in [-0.3, -0.25) is 4.79 Å². The van der Waals surface area contributed by atoms with Crippen LogP contribution in [0.2, 0.25) is 14.8 Å². The molecule has 0 radical (unpaired) electrons. The summed E-state index contributed by atoms with van der Waals surface area (Å²) in [4.78, 5) is 33.6. The van der Waals surface area contributed by atoms with E-state index in [-0.39, 0.29) is 111 Å². The molecule has 2 aliphatic heterocycles. The molecule has 2 saturated heterocycles. The molecule has 0 saturated carbocycles. The quantitative estimate of drug-likeness (QED) is 0.0922. The number of rotatable bonds is 10. The molecule has 1 N–H and O–H groups in total. The second-order valence-corrected chi connectivity index (χ2v) is 17.7. The van der Waals surface area contributed by atoms with E-state index >= 15 is 0 Å². The van der Waals surface area contributed by atoms with Gasteiger partial charge in [0.25, 0.3) is 6.47 Å². The Labute approximate surface area is 479 Å². The van der Waals surface area contributed by atoms with E-state index < -0.39 is 0 Å². The Balaban J connectivity index is 0.000000352. The van der Waals surface area contributed by atoms with Crippen LogP contribution in [0.1, 0.15) is 101 Å². The number of aryl methyl sites for hydroxylation is 4. The third-order valence-electron chi connectivity index (χ3n) is 10.4. The molecule has 0 amide bonds. The molecule has 6 aromatic heterocycles. The maximum absolute atomic E-state index is 8.64. The summed E-state index contributed by atoms with van der Waals surface area (Å²) in [6, 6.07) is 4.29. The maximum atomic E-state index is 8.64. The molecule has 8 heterocycles. The molecule has 0 aromatic carbocycles. The van der Waals surface area contributed by atoms with Crippen molar-refractivity contribution in [2.45, 2.75) is 92.9 Å². The molecule has 6 aromatic rings. The number of nitrogens with zero attached hydrogens (tertiary/aromatic N) is 9. The van der Waals surface area contributed by atoms with Crippen molar-refractivity contribution >= 4 is 80.4 Å². The van der Waals surface area contributed by atoms with Gasteiger partial charge >= 0.3 is 103 Å². The number of anilines is 1. The second kappa shape index (κ2) is 28.3. The van der Waals surface area contributed by atoms with Crippen molar-refractivity contribution in [2.75, 3.05) is 57.5 Å². The van der Waals surface area contributed by atoms with E-state index in [2.05, 4.69) is 64.9 Å². The summed E-state index contributed by atoms with van der Waals surface area (Å²) in [6.45, 7) is 23.7. The van der Waals surface area contributed by atoms with Crippen molar-refractivity contribution in [1.29, 1.82) is 0 Å². The number of carbonyl (C=O) groups excluding carboxylic acids is 1. The van der Waals surface area contributed by atoms with E-state index in [9.17, 15) is 0 Å². The third-order valence-corrected chi connectivity index (χ3v) is 13.5. The van der Waals surface area contributed by atoms with E-state index in [0.29, 0.717) is 26.6 Å². The molecule has 0 aliphatic carbocycles. The molecular formula is C41H55Cl3K2N10O5S2. The summed E-state index contributed by atoms with van der Waals surface area (Å²) in [5.74, 6) is 0.907. The summed E-state index contributed by atoms with van der Waals surface area (Å²) in [5, 5.41) is 23.0. The standard InChI is InChI=1S/C20H26ClN5OS.C16H18Cl2N4S.C4H9NO.CH2O3.2K.H/c1-5-14(6-2)15-11-12(3)22-19-16(13(4)24-26(15)19)17-18(21)23-20(28-17)25-7-9-27-10-8-25;1-5-10(6-2)11-7-8(3)19-15-12(9(4)21-22(11)15)13-14(17)20-16(18)23-13;1-3-6-4-2-5-1;2-1-4-3;;;/h11,14H,5-10H2,1-4H3;7,10H,5-6H2,1-4H3;5H,1-4H2;1,3H;;;/q;;;;2*+1;-1/p-1. The molecule has 0 bridgehead atoms. The minimum absolute atomic E-state index is 0. The third kappa shape index (κ3) is 14.6. The number of halogens is 3. The SMILES string of the molecule is C1COCCN1.CCC(CC)c1cc(C)nc2c(-c3sc(Cl)nc3Cl)c(C)nn12.CCC(CC)c1cc(C)nc2c(-c3sc(N4CCOCC4)nc3Cl)c(C)nn12.O=CO[O-].[H-].[K+].[K+]. The van der Waals surface area contributed by atoms with Crippen LogP contribution in [-0.4, -0.2) is 98.2 Å². The molecule has 0 atom stereocenters. The van der Waals surface area contributed by atoms with Crippen molar-refractivity contribution in [3.05, 3.63) is 61.1 Å². The summed E-state index contributed by atoms with van der Waals surface area (Å²) < 4.78 is 14.9. The van der Waals surface area contributed by atoms with Gasteiger partial charge in [-0.1, -0.05) is 73.8 Å². The topological polar surface area (TPSA) is 169 Å². The average molecular weight is 1020 g/mol. The molecule has 2 aliphatic rings. The predicted molar refractivity (Wildman–Crippen MR) is 244 cm³/mol. The van der Waals surface area contributed by atoms with Crippen molar-refractivity contribution in [3.63, 3.8) is 0 Å². The maximum Gasteiger partial charge on any atom is 1.00 e. The first-order valence-electron chi connectivity index (χ1n) is 20.5. The summed E-state index contributed by atoms with van der Waals surface area (Å²) >= 11 is 21.9. The number of nitrogens with one attached hydrogen (secondary N) is 1. The second-order valence-electron chi connectivity index (χ2n) is 14.4. The number of hydrogen-bond acceptors (Lipinski definition) is 15. The number of ether oxygens (including phenoxy) is 2. The Kier molecular flexibility index (Phi) is 25.6. The number of thiazole rings is 2. The van der Waals surface area contributed by atoms with Gasteiger partial charge in [0, 0.05) is 60.8 Å². The summed E-state index contributed by atoms with van der Waals surface area (Å²) in [6.07, 6.45) is 4.28. The normalized spacial score (nSPS) is 13.7. The van der Waals surface area contributed by atoms with Crippen LogP contribution in [0.15, 0.2) is 12.1 Å². The Bertz CT molecular complexity index is 2360. The monoisotopic (exact) mass is 1010 g/mol. The summed E-state index contributed by atoms with van der Waals surface area (Å²) in [5.41, 5.74) is 9.84. The summed E-state index contributed by atoms with van der Waals surface area (Å²) in [7, 11) is 0. The van der Waals surface area contributed by atoms with Crippen LogP contribution in [0.4, 0.5) is 5.13 Å². The molecule has 15 nitrogen and oxygen atoms in total. The van der Waals surface area contributed by atoms with Crippen LogP contribution in [0.3, 0.4) is 0 Å². The smallest absolute Gasteiger partial charge is 1.00 e. The van der Waals surface area contributed by atoms with Gasteiger partial charge in [-0.25, -0.2) is 29.0 Å². The van der Waals surface area contributed by atoms with Gasteiger partial charge in [0.05, 0.1) is 58.7 Å². The molecule has 2 fully saturated rings. The Morgan fingerprint density at radius 3 is 1.54 bits per heavy atom. The Morgan fingerprint density at radius 2 is 1.17 bits per heavy atom. The first-order chi connectivity index (χ1) is 29.4. The van der Waals surface area contributed by atoms with Crippen LogP contribution in [0.25, 0.3) is 32.2 Å². The zero-order valence-corrected chi connectivity index (χ0v) is 48.0. The average Bonchev–Trinajstić information content (AvgIpc) is 4.00. The molecular weight excluding hydrogens is 961 g/mol. The van der Waals surface area contributed by atoms with Gasteiger partial charge in [-0.05, 0) is 65.5 Å². The number of carbonyl (C=O) groups is 1. The zero-order chi connectivity index (χ0) is 44.2. The number of hydrogen-bond donors (Lipinski definition) is 1. The molecule has 0 unspecified atom stereocenters. The van der Waals surface area contributed by atoms with Crippen molar-refractivity contribution in [1.82, 2.24) is 44.5 Å². The van der Waals surface area contributed by atoms with Gasteiger partial charge in [-0.2, -0.15) is 10.2 Å². The van der Waals surface area contributed by atoms with Crippen LogP contribution < -0.4 is 118 Å².